The molecule has 2 aliphatic rings. The first-order chi connectivity index (χ1) is 15.9. The van der Waals surface area contributed by atoms with Crippen LogP contribution in [0.1, 0.15) is 31.2 Å². The lowest BCUT2D eigenvalue weighted by atomic mass is 9.65. The first-order valence-corrected chi connectivity index (χ1v) is 11.1. The number of carbonyl (C=O) groups excluding carboxylic acids is 1. The van der Waals surface area contributed by atoms with E-state index < -0.39 is 11.0 Å². The molecule has 3 atom stereocenters. The number of rotatable bonds is 6. The summed E-state index contributed by atoms with van der Waals surface area (Å²) in [6, 6.07) is 12.1. The fourth-order valence-electron chi connectivity index (χ4n) is 5.48. The summed E-state index contributed by atoms with van der Waals surface area (Å²) in [5.41, 5.74) is 1.28. The summed E-state index contributed by atoms with van der Waals surface area (Å²) in [4.78, 5) is 25.7. The molecule has 0 radical (unpaired) electrons. The number of methoxy groups -OCH3 is 2. The number of ether oxygens (including phenoxy) is 2. The number of urea groups is 1. The van der Waals surface area contributed by atoms with Gasteiger partial charge in [-0.05, 0) is 63.0 Å². The van der Waals surface area contributed by atoms with Crippen molar-refractivity contribution in [1.29, 1.82) is 0 Å². The van der Waals surface area contributed by atoms with E-state index in [2.05, 4.69) is 34.7 Å². The van der Waals surface area contributed by atoms with Crippen molar-refractivity contribution in [1.82, 2.24) is 10.2 Å². The van der Waals surface area contributed by atoms with Crippen LogP contribution in [0.4, 0.5) is 16.2 Å². The molecule has 1 aliphatic heterocycles. The Balaban J connectivity index is 1.49. The molecule has 4 rings (SSSR count). The minimum absolute atomic E-state index is 0.0127. The van der Waals surface area contributed by atoms with E-state index in [1.165, 1.54) is 17.7 Å². The zero-order valence-corrected chi connectivity index (χ0v) is 19.2. The average Bonchev–Trinajstić information content (AvgIpc) is 3.15. The Morgan fingerprint density at radius 3 is 2.64 bits per heavy atom. The van der Waals surface area contributed by atoms with Gasteiger partial charge in [-0.15, -0.1) is 0 Å². The van der Waals surface area contributed by atoms with Gasteiger partial charge in [-0.2, -0.15) is 0 Å². The fraction of sp³-hybridized carbons (Fsp3) is 0.458. The monoisotopic (exact) mass is 454 g/mol. The van der Waals surface area contributed by atoms with Crippen LogP contribution in [0.3, 0.4) is 0 Å². The van der Waals surface area contributed by atoms with Crippen LogP contribution < -0.4 is 20.1 Å². The molecule has 1 heterocycles. The standard InChI is InChI=1S/C24H30N4O5/c1-27-13-12-24(16-8-9-20(32-2)21(14-16)33-3)11-10-17(15-22(24)27)25-23(29)26-18-6-4-5-7-19(18)28(30)31/h4-9,14,17,22H,10-13,15H2,1-3H3,(H2,25,26,29)/t17-,22+,24+/m1/s1. The number of para-hydroxylation sites is 2. The fourth-order valence-corrected chi connectivity index (χ4v) is 5.48. The highest BCUT2D eigenvalue weighted by molar-refractivity contribution is 5.91. The Kier molecular flexibility index (Phi) is 6.42. The number of likely N-dealkylation sites (N-methyl/N-ethyl adjacent to an activating group) is 1. The molecule has 176 valence electrons. The Hall–Kier alpha value is -3.33. The zero-order chi connectivity index (χ0) is 23.6. The summed E-state index contributed by atoms with van der Waals surface area (Å²) < 4.78 is 11.0. The van der Waals surface area contributed by atoms with E-state index in [4.69, 9.17) is 9.47 Å². The molecule has 1 saturated carbocycles. The largest absolute Gasteiger partial charge is 0.493 e. The zero-order valence-electron chi connectivity index (χ0n) is 19.2. The maximum absolute atomic E-state index is 12.6. The first-order valence-electron chi connectivity index (χ1n) is 11.1. The molecular formula is C24H30N4O5. The third-order valence-electron chi connectivity index (χ3n) is 7.17. The summed E-state index contributed by atoms with van der Waals surface area (Å²) >= 11 is 0. The second-order valence-electron chi connectivity index (χ2n) is 8.82. The lowest BCUT2D eigenvalue weighted by molar-refractivity contribution is -0.383. The maximum atomic E-state index is 12.6. The second-order valence-corrected chi connectivity index (χ2v) is 8.82. The normalized spacial score (nSPS) is 24.6. The van der Waals surface area contributed by atoms with E-state index in [1.807, 2.05) is 6.07 Å². The summed E-state index contributed by atoms with van der Waals surface area (Å²) in [6.45, 7) is 0.980. The first kappa shape index (κ1) is 22.8. The summed E-state index contributed by atoms with van der Waals surface area (Å²) in [6.07, 6.45) is 3.59. The number of amides is 2. The van der Waals surface area contributed by atoms with E-state index in [-0.39, 0.29) is 28.9 Å². The van der Waals surface area contributed by atoms with Crippen LogP contribution in [-0.2, 0) is 5.41 Å². The highest BCUT2D eigenvalue weighted by atomic mass is 16.6. The Morgan fingerprint density at radius 2 is 1.91 bits per heavy atom. The van der Waals surface area contributed by atoms with Crippen molar-refractivity contribution in [3.8, 4) is 11.5 Å². The molecule has 2 fully saturated rings. The molecule has 0 aromatic heterocycles. The van der Waals surface area contributed by atoms with Crippen molar-refractivity contribution in [2.75, 3.05) is 33.1 Å². The molecule has 2 aromatic carbocycles. The lowest BCUT2D eigenvalue weighted by Gasteiger charge is -2.45. The van der Waals surface area contributed by atoms with E-state index in [9.17, 15) is 14.9 Å². The predicted octanol–water partition coefficient (Wildman–Crippen LogP) is 3.93. The molecule has 9 heteroatoms. The Labute approximate surface area is 193 Å². The molecule has 1 aliphatic carbocycles. The number of hydrogen-bond donors (Lipinski definition) is 2. The van der Waals surface area contributed by atoms with Gasteiger partial charge in [-0.25, -0.2) is 4.79 Å². The van der Waals surface area contributed by atoms with Crippen LogP contribution in [0, 0.1) is 10.1 Å². The number of nitrogens with one attached hydrogen (secondary N) is 2. The van der Waals surface area contributed by atoms with Gasteiger partial charge < -0.3 is 25.0 Å². The van der Waals surface area contributed by atoms with Crippen molar-refractivity contribution in [2.24, 2.45) is 0 Å². The third-order valence-corrected chi connectivity index (χ3v) is 7.17. The minimum Gasteiger partial charge on any atom is -0.493 e. The van der Waals surface area contributed by atoms with Crippen molar-refractivity contribution in [3.05, 3.63) is 58.1 Å². The predicted molar refractivity (Wildman–Crippen MR) is 125 cm³/mol. The van der Waals surface area contributed by atoms with E-state index in [1.54, 1.807) is 26.4 Å². The van der Waals surface area contributed by atoms with Crippen LogP contribution >= 0.6 is 0 Å². The molecule has 0 unspecified atom stereocenters. The lowest BCUT2D eigenvalue weighted by Crippen LogP contribution is -2.52. The van der Waals surface area contributed by atoms with Crippen molar-refractivity contribution >= 4 is 17.4 Å². The van der Waals surface area contributed by atoms with E-state index in [0.717, 1.165) is 38.0 Å². The van der Waals surface area contributed by atoms with E-state index in [0.29, 0.717) is 5.75 Å². The van der Waals surface area contributed by atoms with Gasteiger partial charge in [0.1, 0.15) is 5.69 Å². The molecule has 1 saturated heterocycles. The van der Waals surface area contributed by atoms with Gasteiger partial charge in [0.2, 0.25) is 0 Å². The summed E-state index contributed by atoms with van der Waals surface area (Å²) in [7, 11) is 5.41. The van der Waals surface area contributed by atoms with Crippen LogP contribution in [0.25, 0.3) is 0 Å². The third kappa shape index (κ3) is 4.32. The van der Waals surface area contributed by atoms with Crippen LogP contribution in [0.5, 0.6) is 11.5 Å². The van der Waals surface area contributed by atoms with Crippen molar-refractivity contribution in [3.63, 3.8) is 0 Å². The minimum atomic E-state index is -0.499. The van der Waals surface area contributed by atoms with Crippen molar-refractivity contribution in [2.45, 2.75) is 43.2 Å². The van der Waals surface area contributed by atoms with Gasteiger partial charge in [0.15, 0.2) is 11.5 Å². The molecule has 33 heavy (non-hydrogen) atoms. The topological polar surface area (TPSA) is 106 Å². The number of nitro benzene ring substituents is 1. The van der Waals surface area contributed by atoms with Gasteiger partial charge in [0.25, 0.3) is 5.69 Å². The highest BCUT2D eigenvalue weighted by Crippen LogP contribution is 2.49. The van der Waals surface area contributed by atoms with E-state index >= 15 is 0 Å². The molecule has 2 amide bonds. The van der Waals surface area contributed by atoms with Crippen LogP contribution in [0.15, 0.2) is 42.5 Å². The number of fused-ring (bicyclic) bond motifs is 1. The number of benzene rings is 2. The highest BCUT2D eigenvalue weighted by Gasteiger charge is 2.50. The van der Waals surface area contributed by atoms with Gasteiger partial charge in [-0.1, -0.05) is 18.2 Å². The average molecular weight is 455 g/mol. The number of nitrogens with zero attached hydrogens (tertiary/aromatic N) is 2. The number of anilines is 1. The van der Waals surface area contributed by atoms with Gasteiger partial charge in [-0.3, -0.25) is 10.1 Å². The Morgan fingerprint density at radius 1 is 1.15 bits per heavy atom. The van der Waals surface area contributed by atoms with Crippen molar-refractivity contribution < 1.29 is 19.2 Å². The smallest absolute Gasteiger partial charge is 0.319 e. The number of nitro groups is 1. The number of hydrogen-bond acceptors (Lipinski definition) is 6. The number of carbonyl (C=O) groups is 1. The van der Waals surface area contributed by atoms with Gasteiger partial charge in [0.05, 0.1) is 19.1 Å². The van der Waals surface area contributed by atoms with Gasteiger partial charge in [0, 0.05) is 23.6 Å². The Bertz CT molecular complexity index is 1050. The molecule has 2 aromatic rings. The summed E-state index contributed by atoms with van der Waals surface area (Å²) in [5, 5.41) is 16.9. The summed E-state index contributed by atoms with van der Waals surface area (Å²) in [5.74, 6) is 1.43. The number of likely N-dealkylation sites (tertiary alicyclic amines) is 1. The second kappa shape index (κ2) is 9.27. The van der Waals surface area contributed by atoms with Crippen LogP contribution in [-0.4, -0.2) is 55.8 Å². The molecular weight excluding hydrogens is 424 g/mol. The molecule has 2 N–H and O–H groups in total. The molecule has 0 spiro atoms. The van der Waals surface area contributed by atoms with Gasteiger partial charge >= 0.3 is 6.03 Å². The van der Waals surface area contributed by atoms with Crippen LogP contribution in [0.2, 0.25) is 0 Å². The molecule has 0 bridgehead atoms. The SMILES string of the molecule is COc1ccc([C@@]23CC[C@@H](NC(=O)Nc4ccccc4[N+](=O)[O-])C[C@@H]2N(C)CC3)cc1OC. The quantitative estimate of drug-likeness (QED) is 0.506. The maximum Gasteiger partial charge on any atom is 0.319 e. The molecule has 9 nitrogen and oxygen atoms in total.